The minimum Gasteiger partial charge on any atom is -0.334 e. The molecule has 17 heavy (non-hydrogen) atoms. The Morgan fingerprint density at radius 2 is 2.24 bits per heavy atom. The zero-order chi connectivity index (χ0) is 12.9. The number of aromatic nitrogens is 2. The summed E-state index contributed by atoms with van der Waals surface area (Å²) in [5.74, 6) is 1.05. The highest BCUT2D eigenvalue weighted by atomic mass is 35.5. The Hall–Kier alpha value is -0.850. The fourth-order valence-corrected chi connectivity index (χ4v) is 2.41. The van der Waals surface area contributed by atoms with E-state index in [9.17, 15) is 8.42 Å². The van der Waals surface area contributed by atoms with Gasteiger partial charge in [0.1, 0.15) is 5.82 Å². The molecule has 1 heterocycles. The fourth-order valence-electron chi connectivity index (χ4n) is 1.31. The molecular weight excluding hydrogens is 262 g/mol. The molecule has 1 aromatic heterocycles. The predicted octanol–water partition coefficient (Wildman–Crippen LogP) is 1.28. The molecule has 0 spiro atoms. The molecule has 0 fully saturated rings. The number of sulfonamides is 1. The Morgan fingerprint density at radius 3 is 2.76 bits per heavy atom. The van der Waals surface area contributed by atoms with E-state index in [1.54, 1.807) is 23.6 Å². The fraction of sp³-hybridized carbons (Fsp3) is 0.500. The Morgan fingerprint density at radius 1 is 1.53 bits per heavy atom. The van der Waals surface area contributed by atoms with E-state index in [-0.39, 0.29) is 11.6 Å². The zero-order valence-corrected chi connectivity index (χ0v) is 11.4. The lowest BCUT2D eigenvalue weighted by molar-refractivity contribution is 0.582. The van der Waals surface area contributed by atoms with Crippen LogP contribution in [0.1, 0.15) is 12.7 Å². The largest absolute Gasteiger partial charge is 0.334 e. The van der Waals surface area contributed by atoms with Gasteiger partial charge in [-0.1, -0.05) is 12.2 Å². The van der Waals surface area contributed by atoms with Gasteiger partial charge in [0, 0.05) is 25.2 Å². The third-order valence-electron chi connectivity index (χ3n) is 2.22. The summed E-state index contributed by atoms with van der Waals surface area (Å²) in [6, 6.07) is 0. The van der Waals surface area contributed by atoms with Crippen LogP contribution >= 0.6 is 11.6 Å². The summed E-state index contributed by atoms with van der Waals surface area (Å²) in [5, 5.41) is 0.0520. The van der Waals surface area contributed by atoms with Crippen LogP contribution in [0.15, 0.2) is 23.4 Å². The Kier molecular flexibility index (Phi) is 5.17. The van der Waals surface area contributed by atoms with Gasteiger partial charge in [-0.05, 0) is 13.8 Å². The van der Waals surface area contributed by atoms with Crippen molar-refractivity contribution in [2.45, 2.75) is 25.4 Å². The SMILES string of the molecule is CCn1cc(S(=O)(=O)NC/C=C/CCl)nc1C. The maximum absolute atomic E-state index is 11.8. The summed E-state index contributed by atoms with van der Waals surface area (Å²) < 4.78 is 27.9. The molecule has 0 bridgehead atoms. The van der Waals surface area contributed by atoms with Gasteiger partial charge < -0.3 is 4.57 Å². The van der Waals surface area contributed by atoms with Crippen molar-refractivity contribution in [3.05, 3.63) is 24.2 Å². The Bertz CT molecular complexity index is 494. The topological polar surface area (TPSA) is 64.0 Å². The molecule has 0 aromatic carbocycles. The molecular formula is C10H16ClN3O2S. The van der Waals surface area contributed by atoms with Gasteiger partial charge in [0.05, 0.1) is 0 Å². The maximum atomic E-state index is 11.8. The molecule has 1 rings (SSSR count). The number of alkyl halides is 1. The zero-order valence-electron chi connectivity index (χ0n) is 9.85. The lowest BCUT2D eigenvalue weighted by Gasteiger charge is -2.00. The van der Waals surface area contributed by atoms with E-state index in [1.807, 2.05) is 6.92 Å². The van der Waals surface area contributed by atoms with Gasteiger partial charge in [0.2, 0.25) is 0 Å². The first kappa shape index (κ1) is 14.2. The third kappa shape index (κ3) is 3.83. The van der Waals surface area contributed by atoms with Crippen molar-refractivity contribution < 1.29 is 8.42 Å². The minimum atomic E-state index is -3.53. The number of aryl methyl sites for hydroxylation is 2. The van der Waals surface area contributed by atoms with E-state index in [0.29, 0.717) is 18.2 Å². The number of nitrogens with one attached hydrogen (secondary N) is 1. The summed E-state index contributed by atoms with van der Waals surface area (Å²) in [6.07, 6.45) is 4.87. The molecule has 1 aromatic rings. The molecule has 5 nitrogen and oxygen atoms in total. The number of imidazole rings is 1. The molecule has 1 N–H and O–H groups in total. The Labute approximate surface area is 107 Å². The van der Waals surface area contributed by atoms with Gasteiger partial charge >= 0.3 is 0 Å². The van der Waals surface area contributed by atoms with Crippen LogP contribution in [-0.4, -0.2) is 30.4 Å². The minimum absolute atomic E-state index is 0.0520. The number of hydrogen-bond donors (Lipinski definition) is 1. The third-order valence-corrected chi connectivity index (χ3v) is 3.69. The van der Waals surface area contributed by atoms with Gasteiger partial charge in [0.25, 0.3) is 10.0 Å². The van der Waals surface area contributed by atoms with E-state index in [1.165, 1.54) is 6.20 Å². The van der Waals surface area contributed by atoms with Crippen molar-refractivity contribution in [3.63, 3.8) is 0 Å². The van der Waals surface area contributed by atoms with Crippen LogP contribution in [0.25, 0.3) is 0 Å². The molecule has 0 saturated heterocycles. The van der Waals surface area contributed by atoms with Crippen LogP contribution in [0.4, 0.5) is 0 Å². The number of nitrogens with zero attached hydrogens (tertiary/aromatic N) is 2. The van der Waals surface area contributed by atoms with Gasteiger partial charge in [0.15, 0.2) is 5.03 Å². The highest BCUT2D eigenvalue weighted by Gasteiger charge is 2.17. The van der Waals surface area contributed by atoms with Crippen LogP contribution in [0.2, 0.25) is 0 Å². The van der Waals surface area contributed by atoms with E-state index in [2.05, 4.69) is 9.71 Å². The molecule has 0 unspecified atom stereocenters. The van der Waals surface area contributed by atoms with Crippen LogP contribution in [0.3, 0.4) is 0 Å². The van der Waals surface area contributed by atoms with Gasteiger partial charge in [-0.15, -0.1) is 11.6 Å². The number of halogens is 1. The summed E-state index contributed by atoms with van der Waals surface area (Å²) in [4.78, 5) is 4.01. The normalized spacial score (nSPS) is 12.4. The molecule has 0 saturated carbocycles. The highest BCUT2D eigenvalue weighted by Crippen LogP contribution is 2.08. The van der Waals surface area contributed by atoms with E-state index in [4.69, 9.17) is 11.6 Å². The lowest BCUT2D eigenvalue weighted by Crippen LogP contribution is -2.24. The molecule has 0 radical (unpaired) electrons. The molecule has 0 amide bonds. The van der Waals surface area contributed by atoms with Crippen LogP contribution < -0.4 is 4.72 Å². The summed E-state index contributed by atoms with van der Waals surface area (Å²) in [5.41, 5.74) is 0. The molecule has 7 heteroatoms. The molecule has 0 aliphatic carbocycles. The van der Waals surface area contributed by atoms with Gasteiger partial charge in [-0.3, -0.25) is 0 Å². The monoisotopic (exact) mass is 277 g/mol. The molecule has 0 aliphatic rings. The number of hydrogen-bond acceptors (Lipinski definition) is 3. The van der Waals surface area contributed by atoms with E-state index >= 15 is 0 Å². The Balaban J connectivity index is 2.79. The molecule has 0 aliphatic heterocycles. The highest BCUT2D eigenvalue weighted by molar-refractivity contribution is 7.89. The molecule has 96 valence electrons. The average molecular weight is 278 g/mol. The van der Waals surface area contributed by atoms with Crippen molar-refractivity contribution in [1.82, 2.24) is 14.3 Å². The van der Waals surface area contributed by atoms with Crippen LogP contribution in [0.5, 0.6) is 0 Å². The molecule has 0 atom stereocenters. The van der Waals surface area contributed by atoms with Crippen molar-refractivity contribution in [2.24, 2.45) is 0 Å². The lowest BCUT2D eigenvalue weighted by atomic mass is 10.5. The number of rotatable bonds is 6. The first-order chi connectivity index (χ1) is 8.01. The summed E-state index contributed by atoms with van der Waals surface area (Å²) in [7, 11) is -3.53. The van der Waals surface area contributed by atoms with Crippen LogP contribution in [0, 0.1) is 6.92 Å². The van der Waals surface area contributed by atoms with Crippen molar-refractivity contribution in [3.8, 4) is 0 Å². The first-order valence-corrected chi connectivity index (χ1v) is 7.27. The second-order valence-corrected chi connectivity index (χ2v) is 5.41. The van der Waals surface area contributed by atoms with Crippen molar-refractivity contribution in [1.29, 1.82) is 0 Å². The second kappa shape index (κ2) is 6.18. The van der Waals surface area contributed by atoms with Gasteiger partial charge in [-0.25, -0.2) is 18.1 Å². The van der Waals surface area contributed by atoms with Crippen molar-refractivity contribution in [2.75, 3.05) is 12.4 Å². The van der Waals surface area contributed by atoms with Gasteiger partial charge in [-0.2, -0.15) is 0 Å². The maximum Gasteiger partial charge on any atom is 0.259 e. The van der Waals surface area contributed by atoms with Crippen molar-refractivity contribution >= 4 is 21.6 Å². The average Bonchev–Trinajstić information content (AvgIpc) is 2.67. The first-order valence-electron chi connectivity index (χ1n) is 5.25. The number of allylic oxidation sites excluding steroid dienone is 1. The van der Waals surface area contributed by atoms with E-state index in [0.717, 1.165) is 0 Å². The standard InChI is InChI=1S/C10H16ClN3O2S/c1-3-14-8-10(13-9(14)2)17(15,16)12-7-5-4-6-11/h4-5,8,12H,3,6-7H2,1-2H3/b5-4+. The summed E-state index contributed by atoms with van der Waals surface area (Å²) >= 11 is 5.43. The predicted molar refractivity (Wildman–Crippen MR) is 67.7 cm³/mol. The second-order valence-electron chi connectivity index (χ2n) is 3.39. The smallest absolute Gasteiger partial charge is 0.259 e. The van der Waals surface area contributed by atoms with E-state index < -0.39 is 10.0 Å². The summed E-state index contributed by atoms with van der Waals surface area (Å²) in [6.45, 7) is 4.62. The van der Waals surface area contributed by atoms with Crippen LogP contribution in [-0.2, 0) is 16.6 Å². The quantitative estimate of drug-likeness (QED) is 0.629.